The van der Waals surface area contributed by atoms with Gasteiger partial charge in [0.25, 0.3) is 0 Å². The third-order valence-corrected chi connectivity index (χ3v) is 5.30. The lowest BCUT2D eigenvalue weighted by molar-refractivity contribution is -0.312. The van der Waals surface area contributed by atoms with Crippen molar-refractivity contribution in [2.45, 2.75) is 90.2 Å². The van der Waals surface area contributed by atoms with E-state index >= 15 is 0 Å². The fourth-order valence-electron chi connectivity index (χ4n) is 4.36. The van der Waals surface area contributed by atoms with Gasteiger partial charge in [-0.3, -0.25) is 4.79 Å². The van der Waals surface area contributed by atoms with Gasteiger partial charge < -0.3 is 33.5 Å². The minimum Gasteiger partial charge on any atom is -0.469 e. The summed E-state index contributed by atoms with van der Waals surface area (Å²) in [5.74, 6) is -5.17. The van der Waals surface area contributed by atoms with E-state index in [2.05, 4.69) is 0 Å². The molecule has 0 amide bonds. The zero-order valence-corrected chi connectivity index (χ0v) is 17.4. The van der Waals surface area contributed by atoms with Gasteiger partial charge in [-0.05, 0) is 33.1 Å². The molecular formula is C19H32O8. The second kappa shape index (κ2) is 6.37. The average molecular weight is 388 g/mol. The van der Waals surface area contributed by atoms with Crippen molar-refractivity contribution in [3.63, 3.8) is 0 Å². The molecule has 0 aromatic carbocycles. The van der Waals surface area contributed by atoms with E-state index in [1.165, 1.54) is 7.11 Å². The lowest BCUT2D eigenvalue weighted by atomic mass is 9.73. The molecule has 1 N–H and O–H groups in total. The van der Waals surface area contributed by atoms with E-state index in [-0.39, 0.29) is 0 Å². The first-order valence-electron chi connectivity index (χ1n) is 9.36. The Morgan fingerprint density at radius 3 is 2.15 bits per heavy atom. The second-order valence-electron chi connectivity index (χ2n) is 9.54. The molecule has 3 fully saturated rings. The molecule has 3 heterocycles. The first kappa shape index (κ1) is 21.0. The van der Waals surface area contributed by atoms with Crippen LogP contribution in [0.3, 0.4) is 0 Å². The maximum absolute atomic E-state index is 12.6. The minimum atomic E-state index is -1.93. The summed E-state index contributed by atoms with van der Waals surface area (Å²) < 4.78 is 34.7. The van der Waals surface area contributed by atoms with Crippen LogP contribution in [0.25, 0.3) is 0 Å². The summed E-state index contributed by atoms with van der Waals surface area (Å²) in [6, 6.07) is 0. The Kier molecular flexibility index (Phi) is 4.94. The Labute approximate surface area is 160 Å². The maximum atomic E-state index is 12.6. The van der Waals surface area contributed by atoms with Crippen molar-refractivity contribution in [2.24, 2.45) is 11.3 Å². The van der Waals surface area contributed by atoms with Crippen molar-refractivity contribution in [1.29, 1.82) is 0 Å². The third kappa shape index (κ3) is 3.63. The maximum Gasteiger partial charge on any atom is 0.314 e. The molecule has 0 aromatic heterocycles. The van der Waals surface area contributed by atoms with Crippen molar-refractivity contribution < 1.29 is 38.3 Å². The Morgan fingerprint density at radius 2 is 1.67 bits per heavy atom. The van der Waals surface area contributed by atoms with Crippen molar-refractivity contribution in [3.05, 3.63) is 0 Å². The monoisotopic (exact) mass is 388 g/mol. The van der Waals surface area contributed by atoms with E-state index in [1.54, 1.807) is 13.8 Å². The molecule has 3 saturated heterocycles. The van der Waals surface area contributed by atoms with Gasteiger partial charge in [-0.15, -0.1) is 0 Å². The van der Waals surface area contributed by atoms with Crippen molar-refractivity contribution in [3.8, 4) is 0 Å². The number of fused-ring (bicyclic) bond motifs is 1. The molecule has 0 aliphatic carbocycles. The van der Waals surface area contributed by atoms with Crippen LogP contribution < -0.4 is 0 Å². The zero-order chi connectivity index (χ0) is 20.4. The van der Waals surface area contributed by atoms with Crippen LogP contribution in [0.2, 0.25) is 0 Å². The van der Waals surface area contributed by atoms with E-state index in [9.17, 15) is 9.90 Å². The molecule has 0 spiro atoms. The van der Waals surface area contributed by atoms with Gasteiger partial charge in [0, 0.05) is 0 Å². The van der Waals surface area contributed by atoms with Crippen molar-refractivity contribution >= 4 is 5.97 Å². The number of methoxy groups -OCH3 is 1. The van der Waals surface area contributed by atoms with Gasteiger partial charge in [0.2, 0.25) is 5.79 Å². The lowest BCUT2D eigenvalue weighted by Crippen LogP contribution is -2.56. The number of carbonyl (C=O) groups is 1. The van der Waals surface area contributed by atoms with Crippen LogP contribution in [0.15, 0.2) is 0 Å². The molecule has 0 saturated carbocycles. The van der Waals surface area contributed by atoms with Crippen LogP contribution >= 0.6 is 0 Å². The first-order valence-corrected chi connectivity index (χ1v) is 9.36. The lowest BCUT2D eigenvalue weighted by Gasteiger charge is -2.41. The van der Waals surface area contributed by atoms with Crippen LogP contribution in [0.4, 0.5) is 0 Å². The van der Waals surface area contributed by atoms with Gasteiger partial charge in [-0.1, -0.05) is 20.8 Å². The molecule has 0 bridgehead atoms. The molecule has 3 aliphatic rings. The van der Waals surface area contributed by atoms with Crippen LogP contribution in [0.5, 0.6) is 0 Å². The van der Waals surface area contributed by atoms with E-state index in [0.29, 0.717) is 6.61 Å². The SMILES string of the molecule is COC(=O)[C@@H](C(C)(C)C)[C@]1(O)O[C@H]([C@H]2COC(C)(C)O2)[C@@H]2OC(C)(C)O[C@@H]21. The molecule has 6 atom stereocenters. The largest absolute Gasteiger partial charge is 0.469 e. The fourth-order valence-corrected chi connectivity index (χ4v) is 4.36. The summed E-state index contributed by atoms with van der Waals surface area (Å²) in [6.45, 7) is 13.0. The van der Waals surface area contributed by atoms with Crippen molar-refractivity contribution in [2.75, 3.05) is 13.7 Å². The number of hydrogen-bond acceptors (Lipinski definition) is 8. The summed E-state index contributed by atoms with van der Waals surface area (Å²) in [5.41, 5.74) is -0.649. The Morgan fingerprint density at radius 1 is 1.04 bits per heavy atom. The van der Waals surface area contributed by atoms with Gasteiger partial charge in [-0.25, -0.2) is 0 Å². The molecule has 156 valence electrons. The molecule has 0 unspecified atom stereocenters. The standard InChI is InChI=1S/C19H32O8/c1-16(2,3)13(15(20)22-8)19(21)14-12(25-18(6,7)27-14)11(26-19)10-9-23-17(4,5)24-10/h10-14,21H,9H2,1-8H3/t10-,11-,12+,13+,14+,19+/m1/s1. The Balaban J connectivity index is 1.99. The highest BCUT2D eigenvalue weighted by Crippen LogP contribution is 2.52. The molecular weight excluding hydrogens is 356 g/mol. The van der Waals surface area contributed by atoms with Crippen molar-refractivity contribution in [1.82, 2.24) is 0 Å². The second-order valence-corrected chi connectivity index (χ2v) is 9.54. The van der Waals surface area contributed by atoms with E-state index < -0.39 is 59.1 Å². The molecule has 8 heteroatoms. The highest BCUT2D eigenvalue weighted by molar-refractivity contribution is 5.74. The summed E-state index contributed by atoms with van der Waals surface area (Å²) in [6.07, 6.45) is -2.59. The molecule has 3 aliphatic heterocycles. The van der Waals surface area contributed by atoms with E-state index in [0.717, 1.165) is 0 Å². The Hall–Kier alpha value is -0.770. The number of hydrogen-bond donors (Lipinski definition) is 1. The van der Waals surface area contributed by atoms with E-state index in [4.69, 9.17) is 28.4 Å². The number of carbonyl (C=O) groups excluding carboxylic acids is 1. The quantitative estimate of drug-likeness (QED) is 0.729. The predicted octanol–water partition coefficient (Wildman–Crippen LogP) is 1.58. The smallest absolute Gasteiger partial charge is 0.314 e. The van der Waals surface area contributed by atoms with E-state index in [1.807, 2.05) is 34.6 Å². The summed E-state index contributed by atoms with van der Waals surface area (Å²) in [7, 11) is 1.29. The highest BCUT2D eigenvalue weighted by atomic mass is 16.8. The van der Waals surface area contributed by atoms with Gasteiger partial charge >= 0.3 is 5.97 Å². The van der Waals surface area contributed by atoms with Gasteiger partial charge in [-0.2, -0.15) is 0 Å². The summed E-state index contributed by atoms with van der Waals surface area (Å²) >= 11 is 0. The number of aliphatic hydroxyl groups is 1. The van der Waals surface area contributed by atoms with Crippen LogP contribution in [0, 0.1) is 11.3 Å². The number of rotatable bonds is 3. The van der Waals surface area contributed by atoms with Gasteiger partial charge in [0.05, 0.1) is 13.7 Å². The molecule has 8 nitrogen and oxygen atoms in total. The molecule has 0 aromatic rings. The molecule has 3 rings (SSSR count). The van der Waals surface area contributed by atoms with Gasteiger partial charge in [0.1, 0.15) is 30.3 Å². The van der Waals surface area contributed by atoms with Gasteiger partial charge in [0.15, 0.2) is 11.6 Å². The zero-order valence-electron chi connectivity index (χ0n) is 17.4. The predicted molar refractivity (Wildman–Crippen MR) is 93.5 cm³/mol. The summed E-state index contributed by atoms with van der Waals surface area (Å²) in [4.78, 5) is 12.6. The molecule has 0 radical (unpaired) electrons. The fraction of sp³-hybridized carbons (Fsp3) is 0.947. The normalized spacial score (nSPS) is 41.4. The highest BCUT2D eigenvalue weighted by Gasteiger charge is 2.70. The minimum absolute atomic E-state index is 0.291. The topological polar surface area (TPSA) is 92.7 Å². The van der Waals surface area contributed by atoms with Crippen LogP contribution in [0.1, 0.15) is 48.5 Å². The van der Waals surface area contributed by atoms with Crippen LogP contribution in [-0.4, -0.2) is 66.6 Å². The molecule has 27 heavy (non-hydrogen) atoms. The first-order chi connectivity index (χ1) is 12.2. The number of ether oxygens (including phenoxy) is 6. The summed E-state index contributed by atoms with van der Waals surface area (Å²) in [5, 5.41) is 11.6. The third-order valence-electron chi connectivity index (χ3n) is 5.30. The average Bonchev–Trinajstić information content (AvgIpc) is 3.09. The van der Waals surface area contributed by atoms with Crippen LogP contribution in [-0.2, 0) is 33.2 Å². The number of esters is 1. The Bertz CT molecular complexity index is 595.